The SMILES string of the molecule is CCOc1cccc(-c2nc(CN3CCN(Cc4ccc5c(c4)OCO5)CC3)co2)c1. The van der Waals surface area contributed by atoms with Crippen molar-refractivity contribution in [2.24, 2.45) is 0 Å². The number of aromatic nitrogens is 1. The molecule has 0 N–H and O–H groups in total. The zero-order valence-corrected chi connectivity index (χ0v) is 17.8. The molecule has 3 heterocycles. The number of fused-ring (bicyclic) bond motifs is 1. The fraction of sp³-hybridized carbons (Fsp3) is 0.375. The average molecular weight is 421 g/mol. The molecule has 2 aromatic carbocycles. The molecule has 7 nitrogen and oxygen atoms in total. The van der Waals surface area contributed by atoms with Gasteiger partial charge in [0.05, 0.1) is 12.3 Å². The maximum Gasteiger partial charge on any atom is 0.231 e. The molecule has 1 aromatic heterocycles. The highest BCUT2D eigenvalue weighted by atomic mass is 16.7. The molecule has 1 saturated heterocycles. The number of rotatable bonds is 7. The van der Waals surface area contributed by atoms with Gasteiger partial charge < -0.3 is 18.6 Å². The van der Waals surface area contributed by atoms with Crippen LogP contribution in [-0.2, 0) is 13.1 Å². The average Bonchev–Trinajstić information content (AvgIpc) is 3.45. The zero-order valence-electron chi connectivity index (χ0n) is 17.8. The molecule has 0 bridgehead atoms. The molecule has 0 radical (unpaired) electrons. The first-order chi connectivity index (χ1) is 15.3. The second-order valence-corrected chi connectivity index (χ2v) is 7.84. The predicted octanol–water partition coefficient (Wildman–Crippen LogP) is 3.79. The van der Waals surface area contributed by atoms with Crippen LogP contribution in [0.3, 0.4) is 0 Å². The van der Waals surface area contributed by atoms with Crippen molar-refractivity contribution in [3.63, 3.8) is 0 Å². The monoisotopic (exact) mass is 421 g/mol. The Morgan fingerprint density at radius 3 is 2.58 bits per heavy atom. The van der Waals surface area contributed by atoms with Crippen LogP contribution in [0.15, 0.2) is 53.1 Å². The molecule has 2 aliphatic rings. The van der Waals surface area contributed by atoms with Crippen molar-refractivity contribution in [2.45, 2.75) is 20.0 Å². The molecule has 7 heteroatoms. The van der Waals surface area contributed by atoms with Gasteiger partial charge in [0.25, 0.3) is 0 Å². The van der Waals surface area contributed by atoms with E-state index in [1.165, 1.54) is 5.56 Å². The Balaban J connectivity index is 1.14. The molecule has 2 aliphatic heterocycles. The lowest BCUT2D eigenvalue weighted by atomic mass is 10.1. The molecular formula is C24H27N3O4. The minimum absolute atomic E-state index is 0.319. The van der Waals surface area contributed by atoms with Gasteiger partial charge in [-0.3, -0.25) is 9.80 Å². The number of piperazine rings is 1. The van der Waals surface area contributed by atoms with Crippen LogP contribution >= 0.6 is 0 Å². The molecular weight excluding hydrogens is 394 g/mol. The normalized spacial score (nSPS) is 16.5. The van der Waals surface area contributed by atoms with Crippen molar-refractivity contribution in [1.82, 2.24) is 14.8 Å². The van der Waals surface area contributed by atoms with Crippen LogP contribution in [0.2, 0.25) is 0 Å². The van der Waals surface area contributed by atoms with Gasteiger partial charge in [-0.1, -0.05) is 12.1 Å². The highest BCUT2D eigenvalue weighted by Crippen LogP contribution is 2.33. The summed E-state index contributed by atoms with van der Waals surface area (Å²) in [4.78, 5) is 9.59. The van der Waals surface area contributed by atoms with Crippen LogP contribution in [0.1, 0.15) is 18.2 Å². The quantitative estimate of drug-likeness (QED) is 0.575. The topological polar surface area (TPSA) is 60.2 Å². The summed E-state index contributed by atoms with van der Waals surface area (Å²) in [6.07, 6.45) is 1.77. The van der Waals surface area contributed by atoms with E-state index in [4.69, 9.17) is 23.6 Å². The minimum atomic E-state index is 0.319. The largest absolute Gasteiger partial charge is 0.494 e. The van der Waals surface area contributed by atoms with Crippen molar-refractivity contribution in [1.29, 1.82) is 0 Å². The van der Waals surface area contributed by atoms with Crippen LogP contribution in [-0.4, -0.2) is 54.4 Å². The molecule has 31 heavy (non-hydrogen) atoms. The number of oxazole rings is 1. The first-order valence-electron chi connectivity index (χ1n) is 10.8. The number of benzene rings is 2. The van der Waals surface area contributed by atoms with E-state index < -0.39 is 0 Å². The van der Waals surface area contributed by atoms with Crippen molar-refractivity contribution in [2.75, 3.05) is 39.6 Å². The van der Waals surface area contributed by atoms with E-state index >= 15 is 0 Å². The highest BCUT2D eigenvalue weighted by molar-refractivity contribution is 5.56. The van der Waals surface area contributed by atoms with Crippen LogP contribution in [0.25, 0.3) is 11.5 Å². The predicted molar refractivity (Wildman–Crippen MR) is 116 cm³/mol. The number of hydrogen-bond donors (Lipinski definition) is 0. The Morgan fingerprint density at radius 2 is 1.74 bits per heavy atom. The molecule has 0 amide bonds. The van der Waals surface area contributed by atoms with Gasteiger partial charge in [0, 0.05) is 44.8 Å². The zero-order chi connectivity index (χ0) is 21.0. The first kappa shape index (κ1) is 19.9. The molecule has 1 fully saturated rings. The third kappa shape index (κ3) is 4.68. The number of ether oxygens (including phenoxy) is 3. The smallest absolute Gasteiger partial charge is 0.231 e. The van der Waals surface area contributed by atoms with Gasteiger partial charge in [-0.25, -0.2) is 4.98 Å². The van der Waals surface area contributed by atoms with Crippen molar-refractivity contribution in [3.8, 4) is 28.7 Å². The summed E-state index contributed by atoms with van der Waals surface area (Å²) < 4.78 is 22.2. The van der Waals surface area contributed by atoms with Gasteiger partial charge in [0.15, 0.2) is 11.5 Å². The van der Waals surface area contributed by atoms with E-state index in [-0.39, 0.29) is 0 Å². The molecule has 0 aliphatic carbocycles. The third-order valence-corrected chi connectivity index (χ3v) is 5.64. The summed E-state index contributed by atoms with van der Waals surface area (Å²) >= 11 is 0. The van der Waals surface area contributed by atoms with E-state index in [1.807, 2.05) is 37.3 Å². The van der Waals surface area contributed by atoms with Crippen molar-refractivity contribution >= 4 is 0 Å². The Morgan fingerprint density at radius 1 is 0.935 bits per heavy atom. The molecule has 5 rings (SSSR count). The molecule has 0 unspecified atom stereocenters. The summed E-state index contributed by atoms with van der Waals surface area (Å²) in [5.74, 6) is 3.16. The summed E-state index contributed by atoms with van der Waals surface area (Å²) in [6, 6.07) is 14.1. The maximum atomic E-state index is 5.74. The summed E-state index contributed by atoms with van der Waals surface area (Å²) in [6.45, 7) is 8.72. The second kappa shape index (κ2) is 8.99. The van der Waals surface area contributed by atoms with Crippen LogP contribution in [0, 0.1) is 0 Å². The second-order valence-electron chi connectivity index (χ2n) is 7.84. The Kier molecular flexibility index (Phi) is 5.78. The van der Waals surface area contributed by atoms with E-state index in [9.17, 15) is 0 Å². The molecule has 162 valence electrons. The van der Waals surface area contributed by atoms with Crippen LogP contribution in [0.5, 0.6) is 17.2 Å². The Bertz CT molecular complexity index is 1030. The van der Waals surface area contributed by atoms with Gasteiger partial charge in [-0.2, -0.15) is 0 Å². The van der Waals surface area contributed by atoms with Gasteiger partial charge in [-0.05, 0) is 42.8 Å². The van der Waals surface area contributed by atoms with Gasteiger partial charge in [0.2, 0.25) is 12.7 Å². The van der Waals surface area contributed by atoms with Gasteiger partial charge in [0.1, 0.15) is 12.0 Å². The minimum Gasteiger partial charge on any atom is -0.494 e. The summed E-state index contributed by atoms with van der Waals surface area (Å²) in [5.41, 5.74) is 3.15. The third-order valence-electron chi connectivity index (χ3n) is 5.64. The van der Waals surface area contributed by atoms with E-state index in [0.29, 0.717) is 19.3 Å². The van der Waals surface area contributed by atoms with Crippen LogP contribution < -0.4 is 14.2 Å². The number of nitrogens with zero attached hydrogens (tertiary/aromatic N) is 3. The first-order valence-corrected chi connectivity index (χ1v) is 10.8. The molecule has 3 aromatic rings. The van der Waals surface area contributed by atoms with E-state index in [2.05, 4.69) is 21.9 Å². The number of hydrogen-bond acceptors (Lipinski definition) is 7. The highest BCUT2D eigenvalue weighted by Gasteiger charge is 2.20. The van der Waals surface area contributed by atoms with E-state index in [1.54, 1.807) is 6.26 Å². The maximum absolute atomic E-state index is 5.74. The lowest BCUT2D eigenvalue weighted by molar-refractivity contribution is 0.121. The Labute approximate surface area is 182 Å². The van der Waals surface area contributed by atoms with E-state index in [0.717, 1.165) is 67.8 Å². The molecule has 0 saturated carbocycles. The fourth-order valence-electron chi connectivity index (χ4n) is 4.03. The van der Waals surface area contributed by atoms with Gasteiger partial charge >= 0.3 is 0 Å². The van der Waals surface area contributed by atoms with Crippen LogP contribution in [0.4, 0.5) is 0 Å². The lowest BCUT2D eigenvalue weighted by Gasteiger charge is -2.34. The van der Waals surface area contributed by atoms with Crippen molar-refractivity contribution < 1.29 is 18.6 Å². The summed E-state index contributed by atoms with van der Waals surface area (Å²) in [5, 5.41) is 0. The lowest BCUT2D eigenvalue weighted by Crippen LogP contribution is -2.45. The molecule has 0 atom stereocenters. The summed E-state index contributed by atoms with van der Waals surface area (Å²) in [7, 11) is 0. The molecule has 0 spiro atoms. The van der Waals surface area contributed by atoms with Gasteiger partial charge in [-0.15, -0.1) is 0 Å². The standard InChI is InChI=1S/C24H27N3O4/c1-2-28-21-5-3-4-19(13-21)24-25-20(16-29-24)15-27-10-8-26(9-11-27)14-18-6-7-22-23(12-18)31-17-30-22/h3-7,12-13,16H,2,8-11,14-15,17H2,1H3. The fourth-order valence-corrected chi connectivity index (χ4v) is 4.03. The Hall–Kier alpha value is -3.03. The van der Waals surface area contributed by atoms with Crippen molar-refractivity contribution in [3.05, 3.63) is 60.0 Å².